The van der Waals surface area contributed by atoms with Gasteiger partial charge in [-0.25, -0.2) is 0 Å². The molecule has 3 heteroatoms. The third-order valence-electron chi connectivity index (χ3n) is 3.73. The Morgan fingerprint density at radius 2 is 1.86 bits per heavy atom. The van der Waals surface area contributed by atoms with Crippen molar-refractivity contribution in [2.45, 2.75) is 12.8 Å². The summed E-state index contributed by atoms with van der Waals surface area (Å²) >= 11 is 0. The van der Waals surface area contributed by atoms with Crippen LogP contribution in [0, 0.1) is 0 Å². The molecular formula is C18H16O3. The number of phenols is 1. The molecule has 21 heavy (non-hydrogen) atoms. The van der Waals surface area contributed by atoms with Crippen LogP contribution in [0.25, 0.3) is 11.6 Å². The highest BCUT2D eigenvalue weighted by Gasteiger charge is 2.21. The number of fused-ring (bicyclic) bond motifs is 1. The van der Waals surface area contributed by atoms with E-state index in [0.29, 0.717) is 12.0 Å². The first kappa shape index (κ1) is 13.4. The molecule has 0 atom stereocenters. The number of carbonyl (C=O) groups is 1. The molecule has 0 fully saturated rings. The van der Waals surface area contributed by atoms with Crippen molar-refractivity contribution in [1.29, 1.82) is 0 Å². The predicted molar refractivity (Wildman–Crippen MR) is 82.3 cm³/mol. The summed E-state index contributed by atoms with van der Waals surface area (Å²) in [5.74, 6) is 1.11. The molecule has 0 aromatic heterocycles. The summed E-state index contributed by atoms with van der Waals surface area (Å²) in [5.41, 5.74) is 3.71. The van der Waals surface area contributed by atoms with Gasteiger partial charge in [0.2, 0.25) is 0 Å². The lowest BCUT2D eigenvalue weighted by atomic mass is 9.85. The van der Waals surface area contributed by atoms with Gasteiger partial charge in [0, 0.05) is 12.0 Å². The summed E-state index contributed by atoms with van der Waals surface area (Å²) < 4.78 is 5.26. The Morgan fingerprint density at radius 1 is 1.10 bits per heavy atom. The van der Waals surface area contributed by atoms with Gasteiger partial charge in [-0.3, -0.25) is 4.79 Å². The van der Waals surface area contributed by atoms with Crippen LogP contribution in [0.5, 0.6) is 11.5 Å². The number of rotatable bonds is 2. The Labute approximate surface area is 123 Å². The number of ketones is 1. The summed E-state index contributed by atoms with van der Waals surface area (Å²) in [6, 6.07) is 12.7. The van der Waals surface area contributed by atoms with Crippen molar-refractivity contribution in [3.05, 3.63) is 59.2 Å². The van der Waals surface area contributed by atoms with Crippen LogP contribution in [-0.2, 0) is 11.2 Å². The minimum Gasteiger partial charge on any atom is -0.508 e. The number of methoxy groups -OCH3 is 1. The fourth-order valence-corrected chi connectivity index (χ4v) is 2.58. The molecule has 0 spiro atoms. The quantitative estimate of drug-likeness (QED) is 0.857. The summed E-state index contributed by atoms with van der Waals surface area (Å²) in [6.07, 6.45) is 3.17. The van der Waals surface area contributed by atoms with E-state index in [1.165, 1.54) is 5.56 Å². The van der Waals surface area contributed by atoms with Gasteiger partial charge in [-0.15, -0.1) is 0 Å². The molecule has 1 aliphatic carbocycles. The van der Waals surface area contributed by atoms with E-state index in [1.54, 1.807) is 31.4 Å². The van der Waals surface area contributed by atoms with E-state index in [0.717, 1.165) is 23.3 Å². The lowest BCUT2D eigenvalue weighted by molar-refractivity contribution is -0.113. The summed E-state index contributed by atoms with van der Waals surface area (Å²) in [7, 11) is 1.62. The van der Waals surface area contributed by atoms with Crippen LogP contribution in [0.15, 0.2) is 42.5 Å². The van der Waals surface area contributed by atoms with Crippen LogP contribution < -0.4 is 4.74 Å². The number of hydrogen-bond acceptors (Lipinski definition) is 3. The lowest BCUT2D eigenvalue weighted by Crippen LogP contribution is -2.12. The van der Waals surface area contributed by atoms with Crippen molar-refractivity contribution in [3.63, 3.8) is 0 Å². The second kappa shape index (κ2) is 5.44. The van der Waals surface area contributed by atoms with Gasteiger partial charge in [0.15, 0.2) is 5.78 Å². The Hall–Kier alpha value is -2.55. The minimum atomic E-state index is 0.142. The van der Waals surface area contributed by atoms with E-state index in [9.17, 15) is 9.90 Å². The van der Waals surface area contributed by atoms with Gasteiger partial charge >= 0.3 is 0 Å². The largest absolute Gasteiger partial charge is 0.508 e. The maximum Gasteiger partial charge on any atom is 0.163 e. The second-order valence-corrected chi connectivity index (χ2v) is 5.10. The fourth-order valence-electron chi connectivity index (χ4n) is 2.58. The van der Waals surface area contributed by atoms with Crippen molar-refractivity contribution < 1.29 is 14.6 Å². The zero-order valence-corrected chi connectivity index (χ0v) is 11.8. The van der Waals surface area contributed by atoms with Gasteiger partial charge < -0.3 is 9.84 Å². The first-order valence-corrected chi connectivity index (χ1v) is 6.88. The Kier molecular flexibility index (Phi) is 3.48. The Bertz CT molecular complexity index is 712. The highest BCUT2D eigenvalue weighted by atomic mass is 16.5. The standard InChI is InChI=1S/C18H16O3/c1-21-15-8-4-13-5-9-18(20)17(16(13)11-15)10-12-2-6-14(19)7-3-12/h2-4,6-8,10-11,19H,5,9H2,1H3/b17-10+. The van der Waals surface area contributed by atoms with Gasteiger partial charge in [0.25, 0.3) is 0 Å². The normalized spacial score (nSPS) is 15.9. The number of phenolic OH excluding ortho intramolecular Hbond substituents is 1. The molecule has 106 valence electrons. The number of Topliss-reactive ketones (excluding diaryl/α,β-unsaturated/α-hetero) is 1. The molecule has 0 radical (unpaired) electrons. The van der Waals surface area contributed by atoms with Crippen molar-refractivity contribution >= 4 is 17.4 Å². The average molecular weight is 280 g/mol. The highest BCUT2D eigenvalue weighted by Crippen LogP contribution is 2.32. The smallest absolute Gasteiger partial charge is 0.163 e. The number of benzene rings is 2. The van der Waals surface area contributed by atoms with Crippen LogP contribution in [0.3, 0.4) is 0 Å². The second-order valence-electron chi connectivity index (χ2n) is 5.10. The summed E-state index contributed by atoms with van der Waals surface area (Å²) in [4.78, 5) is 12.3. The minimum absolute atomic E-state index is 0.142. The zero-order chi connectivity index (χ0) is 14.8. The van der Waals surface area contributed by atoms with Gasteiger partial charge in [0.05, 0.1) is 7.11 Å². The summed E-state index contributed by atoms with van der Waals surface area (Å²) in [6.45, 7) is 0. The maximum atomic E-state index is 12.3. The average Bonchev–Trinajstić information content (AvgIpc) is 2.51. The third kappa shape index (κ3) is 2.68. The van der Waals surface area contributed by atoms with Crippen LogP contribution in [-0.4, -0.2) is 18.0 Å². The van der Waals surface area contributed by atoms with Crippen LogP contribution >= 0.6 is 0 Å². The molecule has 3 nitrogen and oxygen atoms in total. The number of carbonyl (C=O) groups excluding carboxylic acids is 1. The van der Waals surface area contributed by atoms with E-state index < -0.39 is 0 Å². The Morgan fingerprint density at radius 3 is 2.57 bits per heavy atom. The van der Waals surface area contributed by atoms with Gasteiger partial charge in [0.1, 0.15) is 11.5 Å². The van der Waals surface area contributed by atoms with Gasteiger partial charge in [-0.1, -0.05) is 18.2 Å². The molecule has 0 unspecified atom stereocenters. The highest BCUT2D eigenvalue weighted by molar-refractivity contribution is 6.26. The number of aryl methyl sites for hydroxylation is 1. The fraction of sp³-hybridized carbons (Fsp3) is 0.167. The van der Waals surface area contributed by atoms with Crippen LogP contribution in [0.1, 0.15) is 23.1 Å². The van der Waals surface area contributed by atoms with Crippen LogP contribution in [0.4, 0.5) is 0 Å². The number of allylic oxidation sites excluding steroid dienone is 1. The lowest BCUT2D eigenvalue weighted by Gasteiger charge is -2.19. The van der Waals surface area contributed by atoms with E-state index in [4.69, 9.17) is 4.74 Å². The molecular weight excluding hydrogens is 264 g/mol. The van der Waals surface area contributed by atoms with Crippen LogP contribution in [0.2, 0.25) is 0 Å². The Balaban J connectivity index is 2.09. The third-order valence-corrected chi connectivity index (χ3v) is 3.73. The topological polar surface area (TPSA) is 46.5 Å². The molecule has 1 N–H and O–H groups in total. The number of hydrogen-bond donors (Lipinski definition) is 1. The first-order chi connectivity index (χ1) is 10.2. The molecule has 0 saturated carbocycles. The SMILES string of the molecule is COc1ccc2c(c1)/C(=C\c1ccc(O)cc1)C(=O)CC2. The van der Waals surface area contributed by atoms with Crippen molar-refractivity contribution in [1.82, 2.24) is 0 Å². The number of aromatic hydroxyl groups is 1. The summed E-state index contributed by atoms with van der Waals surface area (Å²) in [5, 5.41) is 9.34. The molecule has 2 aromatic carbocycles. The zero-order valence-electron chi connectivity index (χ0n) is 11.8. The van der Waals surface area contributed by atoms with Gasteiger partial charge in [-0.05, 0) is 53.5 Å². The predicted octanol–water partition coefficient (Wildman–Crippen LogP) is 3.46. The van der Waals surface area contributed by atoms with Gasteiger partial charge in [-0.2, -0.15) is 0 Å². The number of ether oxygens (including phenoxy) is 1. The molecule has 0 amide bonds. The van der Waals surface area contributed by atoms with E-state index in [1.807, 2.05) is 24.3 Å². The molecule has 0 aliphatic heterocycles. The van der Waals surface area contributed by atoms with E-state index in [-0.39, 0.29) is 11.5 Å². The monoisotopic (exact) mass is 280 g/mol. The molecule has 0 saturated heterocycles. The van der Waals surface area contributed by atoms with Crippen molar-refractivity contribution in [2.75, 3.05) is 7.11 Å². The molecule has 0 bridgehead atoms. The molecule has 2 aromatic rings. The molecule has 1 aliphatic rings. The molecule has 3 rings (SSSR count). The van der Waals surface area contributed by atoms with E-state index >= 15 is 0 Å². The maximum absolute atomic E-state index is 12.3. The van der Waals surface area contributed by atoms with E-state index in [2.05, 4.69) is 0 Å². The van der Waals surface area contributed by atoms with Crippen molar-refractivity contribution in [2.24, 2.45) is 0 Å². The van der Waals surface area contributed by atoms with Crippen molar-refractivity contribution in [3.8, 4) is 11.5 Å². The molecule has 0 heterocycles. The first-order valence-electron chi connectivity index (χ1n) is 6.88.